The van der Waals surface area contributed by atoms with E-state index < -0.39 is 5.41 Å². The van der Waals surface area contributed by atoms with Crippen LogP contribution < -0.4 is 14.8 Å². The predicted molar refractivity (Wildman–Crippen MR) is 104 cm³/mol. The number of amides is 1. The Morgan fingerprint density at radius 3 is 2.59 bits per heavy atom. The number of piperidine rings is 1. The molecule has 0 aromatic heterocycles. The molecule has 3 heterocycles. The maximum absolute atomic E-state index is 13.2. The number of carbonyl (C=O) groups excluding carboxylic acids is 1. The molecule has 0 atom stereocenters. The standard InChI is InChI=1S/C21H29N3O3/c1-20(2)12-15-14(6-7-16(26-5)17(15)27-20)18-21(3,4)19(25)24(23-18)13-8-10-22-11-9-13/h6-7,13,22H,8-12H2,1-5H3. The van der Waals surface area contributed by atoms with Crippen molar-refractivity contribution >= 4 is 11.6 Å². The molecule has 27 heavy (non-hydrogen) atoms. The van der Waals surface area contributed by atoms with E-state index in [-0.39, 0.29) is 17.6 Å². The number of ether oxygens (including phenoxy) is 2. The summed E-state index contributed by atoms with van der Waals surface area (Å²) in [5, 5.41) is 9.97. The maximum atomic E-state index is 13.2. The third-order valence-corrected chi connectivity index (χ3v) is 5.88. The first kappa shape index (κ1) is 18.3. The number of methoxy groups -OCH3 is 1. The minimum absolute atomic E-state index is 0.0899. The molecule has 1 saturated heterocycles. The smallest absolute Gasteiger partial charge is 0.254 e. The Bertz CT molecular complexity index is 807. The van der Waals surface area contributed by atoms with E-state index in [4.69, 9.17) is 14.6 Å². The number of nitrogens with zero attached hydrogens (tertiary/aromatic N) is 2. The third kappa shape index (κ3) is 2.90. The Hall–Kier alpha value is -2.08. The normalized spacial score (nSPS) is 23.8. The zero-order valence-electron chi connectivity index (χ0n) is 16.9. The van der Waals surface area contributed by atoms with Crippen molar-refractivity contribution in [2.75, 3.05) is 20.2 Å². The van der Waals surface area contributed by atoms with Crippen LogP contribution in [-0.2, 0) is 11.2 Å². The summed E-state index contributed by atoms with van der Waals surface area (Å²) in [6, 6.07) is 4.13. The molecule has 0 radical (unpaired) electrons. The Labute approximate surface area is 160 Å². The van der Waals surface area contributed by atoms with E-state index in [9.17, 15) is 4.79 Å². The molecule has 1 aromatic rings. The van der Waals surface area contributed by atoms with Gasteiger partial charge >= 0.3 is 0 Å². The Morgan fingerprint density at radius 1 is 1.22 bits per heavy atom. The second-order valence-corrected chi connectivity index (χ2v) is 8.87. The summed E-state index contributed by atoms with van der Waals surface area (Å²) >= 11 is 0. The number of hydrogen-bond acceptors (Lipinski definition) is 5. The topological polar surface area (TPSA) is 63.2 Å². The SMILES string of the molecule is COc1ccc(C2=NN(C3CCNCC3)C(=O)C2(C)C)c2c1OC(C)(C)C2. The molecule has 0 spiro atoms. The average molecular weight is 371 g/mol. The Kier molecular flexibility index (Phi) is 4.22. The Morgan fingerprint density at radius 2 is 1.93 bits per heavy atom. The highest BCUT2D eigenvalue weighted by molar-refractivity contribution is 6.20. The molecule has 0 bridgehead atoms. The van der Waals surface area contributed by atoms with E-state index in [0.29, 0.717) is 0 Å². The molecule has 0 aliphatic carbocycles. The van der Waals surface area contributed by atoms with Gasteiger partial charge in [0.05, 0.1) is 24.3 Å². The highest BCUT2D eigenvalue weighted by Crippen LogP contribution is 2.46. The highest BCUT2D eigenvalue weighted by atomic mass is 16.5. The molecular weight excluding hydrogens is 342 g/mol. The van der Waals surface area contributed by atoms with Crippen LogP contribution >= 0.6 is 0 Å². The van der Waals surface area contributed by atoms with Crippen molar-refractivity contribution in [3.8, 4) is 11.5 Å². The first-order chi connectivity index (χ1) is 12.7. The van der Waals surface area contributed by atoms with Gasteiger partial charge < -0.3 is 14.8 Å². The summed E-state index contributed by atoms with van der Waals surface area (Å²) in [6.07, 6.45) is 2.65. The fraction of sp³-hybridized carbons (Fsp3) is 0.619. The van der Waals surface area contributed by atoms with Crippen molar-refractivity contribution in [2.24, 2.45) is 10.5 Å². The van der Waals surface area contributed by atoms with Gasteiger partial charge in [0.2, 0.25) is 0 Å². The molecule has 6 heteroatoms. The Balaban J connectivity index is 1.79. The molecule has 1 amide bonds. The zero-order chi connectivity index (χ0) is 19.4. The van der Waals surface area contributed by atoms with Crippen molar-refractivity contribution < 1.29 is 14.3 Å². The molecule has 146 valence electrons. The molecule has 3 aliphatic rings. The van der Waals surface area contributed by atoms with E-state index >= 15 is 0 Å². The van der Waals surface area contributed by atoms with Gasteiger partial charge in [-0.15, -0.1) is 0 Å². The van der Waals surface area contributed by atoms with Crippen LogP contribution in [0.4, 0.5) is 0 Å². The van der Waals surface area contributed by atoms with Crippen LogP contribution in [0.15, 0.2) is 17.2 Å². The number of hydrazone groups is 1. The molecule has 1 N–H and O–H groups in total. The summed E-state index contributed by atoms with van der Waals surface area (Å²) < 4.78 is 11.7. The van der Waals surface area contributed by atoms with Crippen molar-refractivity contribution in [3.63, 3.8) is 0 Å². The van der Waals surface area contributed by atoms with E-state index in [1.165, 1.54) is 0 Å². The monoisotopic (exact) mass is 371 g/mol. The second kappa shape index (κ2) is 6.23. The maximum Gasteiger partial charge on any atom is 0.254 e. The van der Waals surface area contributed by atoms with E-state index in [1.807, 2.05) is 26.0 Å². The van der Waals surface area contributed by atoms with Crippen molar-refractivity contribution in [2.45, 2.75) is 58.6 Å². The number of hydrogen-bond donors (Lipinski definition) is 1. The van der Waals surface area contributed by atoms with E-state index in [1.54, 1.807) is 12.1 Å². The molecule has 3 aliphatic heterocycles. The largest absolute Gasteiger partial charge is 0.493 e. The number of rotatable bonds is 3. The average Bonchev–Trinajstić information content (AvgIpc) is 3.08. The van der Waals surface area contributed by atoms with Gasteiger partial charge in [-0.25, -0.2) is 5.01 Å². The van der Waals surface area contributed by atoms with Gasteiger partial charge in [-0.2, -0.15) is 5.10 Å². The second-order valence-electron chi connectivity index (χ2n) is 8.87. The molecule has 4 rings (SSSR count). The van der Waals surface area contributed by atoms with Crippen molar-refractivity contribution in [1.82, 2.24) is 10.3 Å². The summed E-state index contributed by atoms with van der Waals surface area (Å²) in [6.45, 7) is 9.97. The van der Waals surface area contributed by atoms with Crippen LogP contribution in [0.2, 0.25) is 0 Å². The van der Waals surface area contributed by atoms with Gasteiger partial charge in [0.15, 0.2) is 11.5 Å². The summed E-state index contributed by atoms with van der Waals surface area (Å²) in [4.78, 5) is 13.2. The first-order valence-electron chi connectivity index (χ1n) is 9.77. The van der Waals surface area contributed by atoms with Gasteiger partial charge in [-0.1, -0.05) is 0 Å². The van der Waals surface area contributed by atoms with Gasteiger partial charge in [-0.3, -0.25) is 4.79 Å². The third-order valence-electron chi connectivity index (χ3n) is 5.88. The van der Waals surface area contributed by atoms with Gasteiger partial charge in [0.1, 0.15) is 5.60 Å². The number of nitrogens with one attached hydrogen (secondary N) is 1. The minimum atomic E-state index is -0.653. The number of carbonyl (C=O) groups is 1. The summed E-state index contributed by atoms with van der Waals surface area (Å²) in [5.41, 5.74) is 1.98. The summed E-state index contributed by atoms with van der Waals surface area (Å²) in [7, 11) is 1.66. The lowest BCUT2D eigenvalue weighted by molar-refractivity contribution is -0.137. The fourth-order valence-corrected chi connectivity index (χ4v) is 4.37. The number of fused-ring (bicyclic) bond motifs is 1. The van der Waals surface area contributed by atoms with Crippen LogP contribution in [0.1, 0.15) is 51.7 Å². The number of benzene rings is 1. The van der Waals surface area contributed by atoms with Crippen molar-refractivity contribution in [3.05, 3.63) is 23.3 Å². The van der Waals surface area contributed by atoms with Gasteiger partial charge in [0, 0.05) is 17.5 Å². The molecule has 6 nitrogen and oxygen atoms in total. The fourth-order valence-electron chi connectivity index (χ4n) is 4.37. The van der Waals surface area contributed by atoms with Crippen LogP contribution in [0.3, 0.4) is 0 Å². The van der Waals surface area contributed by atoms with Crippen LogP contribution in [0.25, 0.3) is 0 Å². The lowest BCUT2D eigenvalue weighted by Crippen LogP contribution is -2.44. The first-order valence-corrected chi connectivity index (χ1v) is 9.77. The molecule has 0 unspecified atom stereocenters. The van der Waals surface area contributed by atoms with Gasteiger partial charge in [0.25, 0.3) is 5.91 Å². The van der Waals surface area contributed by atoms with Crippen LogP contribution in [0, 0.1) is 5.41 Å². The minimum Gasteiger partial charge on any atom is -0.493 e. The summed E-state index contributed by atoms with van der Waals surface area (Å²) in [5.74, 6) is 1.61. The molecule has 0 saturated carbocycles. The van der Waals surface area contributed by atoms with Gasteiger partial charge in [-0.05, 0) is 65.8 Å². The highest BCUT2D eigenvalue weighted by Gasteiger charge is 2.48. The quantitative estimate of drug-likeness (QED) is 0.887. The van der Waals surface area contributed by atoms with Crippen molar-refractivity contribution in [1.29, 1.82) is 0 Å². The van der Waals surface area contributed by atoms with E-state index in [2.05, 4.69) is 19.2 Å². The molecular formula is C21H29N3O3. The van der Waals surface area contributed by atoms with Crippen LogP contribution in [-0.4, -0.2) is 48.5 Å². The predicted octanol–water partition coefficient (Wildman–Crippen LogP) is 2.73. The molecule has 1 fully saturated rings. The van der Waals surface area contributed by atoms with E-state index in [0.717, 1.165) is 60.7 Å². The molecule has 1 aromatic carbocycles. The zero-order valence-corrected chi connectivity index (χ0v) is 16.9. The lowest BCUT2D eigenvalue weighted by Gasteiger charge is -2.30. The van der Waals surface area contributed by atoms with Crippen LogP contribution in [0.5, 0.6) is 11.5 Å². The lowest BCUT2D eigenvalue weighted by atomic mass is 9.80.